The Labute approximate surface area is 193 Å². The molecule has 1 aliphatic heterocycles. The lowest BCUT2D eigenvalue weighted by Gasteiger charge is -2.34. The van der Waals surface area contributed by atoms with Gasteiger partial charge in [-0.15, -0.1) is 0 Å². The number of amides is 2. The number of carbonyl (C=O) groups excluding carboxylic acids is 4. The molecule has 4 aromatic rings. The van der Waals surface area contributed by atoms with Gasteiger partial charge in [0.25, 0.3) is 17.6 Å². The standard InChI is InChI=1S/C23H19N7O4/c31-13-16-6-7-30(27-16)21-19-18(25-14-26-21)17(12-24-19)20(32)23(34)29-10-8-28(9-11-29)22(33)15-4-2-1-3-5-15/h1-7,12-14,24H,8-11H2. The van der Waals surface area contributed by atoms with E-state index in [1.54, 1.807) is 35.4 Å². The van der Waals surface area contributed by atoms with E-state index in [2.05, 4.69) is 20.1 Å². The highest BCUT2D eigenvalue weighted by molar-refractivity contribution is 6.44. The number of Topliss-reactive ketones (excluding diaryl/α,β-unsaturated/α-hetero) is 1. The number of aromatic amines is 1. The summed E-state index contributed by atoms with van der Waals surface area (Å²) in [7, 11) is 0. The number of carbonyl (C=O) groups is 4. The minimum Gasteiger partial charge on any atom is -0.356 e. The van der Waals surface area contributed by atoms with Gasteiger partial charge in [0.05, 0.1) is 5.56 Å². The van der Waals surface area contributed by atoms with E-state index in [0.29, 0.717) is 36.3 Å². The number of hydrogen-bond donors (Lipinski definition) is 1. The number of piperazine rings is 1. The highest BCUT2D eigenvalue weighted by Gasteiger charge is 2.30. The van der Waals surface area contributed by atoms with Crippen molar-refractivity contribution >= 4 is 34.9 Å². The van der Waals surface area contributed by atoms with Crippen molar-refractivity contribution in [2.75, 3.05) is 26.2 Å². The SMILES string of the molecule is O=Cc1ccn(-c2ncnc3c(C(=O)C(=O)N4CCN(C(=O)c5ccccc5)CC4)c[nH]c23)n1. The Hall–Kier alpha value is -4.67. The third kappa shape index (κ3) is 3.72. The zero-order valence-corrected chi connectivity index (χ0v) is 17.9. The van der Waals surface area contributed by atoms with Gasteiger partial charge in [-0.05, 0) is 18.2 Å². The predicted octanol–water partition coefficient (Wildman–Crippen LogP) is 1.12. The molecule has 1 fully saturated rings. The summed E-state index contributed by atoms with van der Waals surface area (Å²) >= 11 is 0. The molecule has 0 unspecified atom stereocenters. The molecule has 0 radical (unpaired) electrons. The van der Waals surface area contributed by atoms with Gasteiger partial charge >= 0.3 is 0 Å². The van der Waals surface area contributed by atoms with Gasteiger partial charge in [-0.3, -0.25) is 19.2 Å². The Morgan fingerprint density at radius 3 is 2.38 bits per heavy atom. The second kappa shape index (κ2) is 8.70. The van der Waals surface area contributed by atoms with Crippen LogP contribution in [0.2, 0.25) is 0 Å². The summed E-state index contributed by atoms with van der Waals surface area (Å²) in [5, 5.41) is 4.10. The van der Waals surface area contributed by atoms with Crippen molar-refractivity contribution in [3.8, 4) is 5.82 Å². The number of nitrogens with one attached hydrogen (secondary N) is 1. The number of nitrogens with zero attached hydrogens (tertiary/aromatic N) is 6. The lowest BCUT2D eigenvalue weighted by Crippen LogP contribution is -2.52. The maximum atomic E-state index is 13.0. The normalized spacial score (nSPS) is 13.8. The number of benzene rings is 1. The van der Waals surface area contributed by atoms with Crippen LogP contribution in [0.1, 0.15) is 31.2 Å². The number of aromatic nitrogens is 5. The van der Waals surface area contributed by atoms with E-state index in [-0.39, 0.29) is 35.8 Å². The molecule has 1 saturated heterocycles. The van der Waals surface area contributed by atoms with Gasteiger partial charge in [0.1, 0.15) is 23.1 Å². The fraction of sp³-hybridized carbons (Fsp3) is 0.174. The van der Waals surface area contributed by atoms with Crippen molar-refractivity contribution in [3.05, 3.63) is 71.9 Å². The van der Waals surface area contributed by atoms with Crippen LogP contribution in [0.25, 0.3) is 16.9 Å². The molecule has 170 valence electrons. The van der Waals surface area contributed by atoms with Gasteiger partial charge in [0.2, 0.25) is 0 Å². The molecule has 0 aliphatic carbocycles. The largest absolute Gasteiger partial charge is 0.356 e. The van der Waals surface area contributed by atoms with Crippen LogP contribution in [-0.2, 0) is 4.79 Å². The minimum absolute atomic E-state index is 0.101. The number of H-pyrrole nitrogens is 1. The van der Waals surface area contributed by atoms with Crippen molar-refractivity contribution in [1.29, 1.82) is 0 Å². The molecular weight excluding hydrogens is 438 g/mol. The van der Waals surface area contributed by atoms with Gasteiger partial charge in [-0.2, -0.15) is 5.10 Å². The van der Waals surface area contributed by atoms with Crippen LogP contribution < -0.4 is 0 Å². The van der Waals surface area contributed by atoms with E-state index in [0.717, 1.165) is 0 Å². The van der Waals surface area contributed by atoms with Crippen LogP contribution in [0.15, 0.2) is 55.1 Å². The first kappa shape index (κ1) is 21.2. The zero-order valence-electron chi connectivity index (χ0n) is 17.9. The average molecular weight is 457 g/mol. The van der Waals surface area contributed by atoms with Crippen molar-refractivity contribution in [1.82, 2.24) is 34.5 Å². The van der Waals surface area contributed by atoms with Gasteiger partial charge in [-0.1, -0.05) is 18.2 Å². The molecule has 34 heavy (non-hydrogen) atoms. The second-order valence-electron chi connectivity index (χ2n) is 7.71. The third-order valence-electron chi connectivity index (χ3n) is 5.70. The summed E-state index contributed by atoms with van der Waals surface area (Å²) in [4.78, 5) is 64.0. The quantitative estimate of drug-likeness (QED) is 0.270. The summed E-state index contributed by atoms with van der Waals surface area (Å²) in [6, 6.07) is 10.5. The fourth-order valence-corrected chi connectivity index (χ4v) is 3.93. The number of aldehydes is 1. The van der Waals surface area contributed by atoms with E-state index in [4.69, 9.17) is 0 Å². The van der Waals surface area contributed by atoms with Crippen LogP contribution in [0, 0.1) is 0 Å². The summed E-state index contributed by atoms with van der Waals surface area (Å²) in [5.41, 5.74) is 1.64. The molecule has 0 spiro atoms. The highest BCUT2D eigenvalue weighted by Crippen LogP contribution is 2.22. The zero-order chi connectivity index (χ0) is 23.7. The Morgan fingerprint density at radius 1 is 0.941 bits per heavy atom. The number of fused-ring (bicyclic) bond motifs is 1. The summed E-state index contributed by atoms with van der Waals surface area (Å²) in [6.07, 6.45) is 4.87. The molecule has 0 bridgehead atoms. The van der Waals surface area contributed by atoms with Crippen LogP contribution >= 0.6 is 0 Å². The van der Waals surface area contributed by atoms with Gasteiger partial charge in [0, 0.05) is 44.1 Å². The molecule has 1 aromatic carbocycles. The fourth-order valence-electron chi connectivity index (χ4n) is 3.93. The van der Waals surface area contributed by atoms with Crippen molar-refractivity contribution in [3.63, 3.8) is 0 Å². The van der Waals surface area contributed by atoms with Crippen molar-refractivity contribution in [2.24, 2.45) is 0 Å². The van der Waals surface area contributed by atoms with E-state index in [1.165, 1.54) is 28.2 Å². The molecule has 2 amide bonds. The smallest absolute Gasteiger partial charge is 0.295 e. The number of rotatable bonds is 5. The van der Waals surface area contributed by atoms with Crippen LogP contribution in [0.4, 0.5) is 0 Å². The lowest BCUT2D eigenvalue weighted by atomic mass is 10.1. The first-order valence-corrected chi connectivity index (χ1v) is 10.6. The molecule has 0 saturated carbocycles. The summed E-state index contributed by atoms with van der Waals surface area (Å²) < 4.78 is 1.39. The van der Waals surface area contributed by atoms with Crippen LogP contribution in [0.5, 0.6) is 0 Å². The molecule has 1 N–H and O–H groups in total. The predicted molar refractivity (Wildman–Crippen MR) is 120 cm³/mol. The van der Waals surface area contributed by atoms with Gasteiger partial charge < -0.3 is 14.8 Å². The Bertz CT molecular complexity index is 1400. The van der Waals surface area contributed by atoms with E-state index in [1.807, 2.05) is 6.07 Å². The first-order chi connectivity index (χ1) is 16.6. The molecular formula is C23H19N7O4. The molecule has 3 aromatic heterocycles. The molecule has 1 aliphatic rings. The molecule has 11 nitrogen and oxygen atoms in total. The van der Waals surface area contributed by atoms with Crippen molar-refractivity contribution in [2.45, 2.75) is 0 Å². The number of hydrogen-bond acceptors (Lipinski definition) is 7. The summed E-state index contributed by atoms with van der Waals surface area (Å²) in [6.45, 7) is 1.19. The van der Waals surface area contributed by atoms with Crippen molar-refractivity contribution < 1.29 is 19.2 Å². The lowest BCUT2D eigenvalue weighted by molar-refractivity contribution is -0.127. The molecule has 5 rings (SSSR count). The second-order valence-corrected chi connectivity index (χ2v) is 7.71. The third-order valence-corrected chi connectivity index (χ3v) is 5.70. The van der Waals surface area contributed by atoms with Crippen LogP contribution in [-0.4, -0.2) is 84.6 Å². The Balaban J connectivity index is 1.32. The Morgan fingerprint density at radius 2 is 1.68 bits per heavy atom. The molecule has 0 atom stereocenters. The topological polar surface area (TPSA) is 134 Å². The summed E-state index contributed by atoms with van der Waals surface area (Å²) in [5.74, 6) is -1.11. The molecule has 4 heterocycles. The number of ketones is 1. The monoisotopic (exact) mass is 457 g/mol. The van der Waals surface area contributed by atoms with E-state index >= 15 is 0 Å². The minimum atomic E-state index is -0.701. The average Bonchev–Trinajstić information content (AvgIpc) is 3.55. The van der Waals surface area contributed by atoms with Crippen LogP contribution in [0.3, 0.4) is 0 Å². The highest BCUT2D eigenvalue weighted by atomic mass is 16.2. The molecule has 11 heteroatoms. The maximum Gasteiger partial charge on any atom is 0.295 e. The maximum absolute atomic E-state index is 13.0. The van der Waals surface area contributed by atoms with Gasteiger partial charge in [0.15, 0.2) is 12.1 Å². The van der Waals surface area contributed by atoms with E-state index in [9.17, 15) is 19.2 Å². The van der Waals surface area contributed by atoms with Gasteiger partial charge in [-0.25, -0.2) is 14.6 Å². The van der Waals surface area contributed by atoms with E-state index < -0.39 is 11.7 Å². The first-order valence-electron chi connectivity index (χ1n) is 10.6. The Kier molecular flexibility index (Phi) is 5.42.